The zero-order valence-corrected chi connectivity index (χ0v) is 21.3. The molecule has 1 amide bonds. The number of carbonyl (C=O) groups is 2. The number of amides is 1. The van der Waals surface area contributed by atoms with Crippen LogP contribution in [0.15, 0.2) is 53.4 Å². The molecular weight excluding hydrogens is 464 g/mol. The quantitative estimate of drug-likeness (QED) is 0.521. The lowest BCUT2D eigenvalue weighted by molar-refractivity contribution is -0.147. The van der Waals surface area contributed by atoms with Crippen LogP contribution in [0.25, 0.3) is 0 Å². The number of ether oxygens (including phenoxy) is 1. The maximum atomic E-state index is 13.5. The number of carbonyl (C=O) groups excluding carboxylic acids is 2. The number of piperidine rings is 1. The molecule has 0 bridgehead atoms. The van der Waals surface area contributed by atoms with Crippen molar-refractivity contribution in [3.05, 3.63) is 65.2 Å². The second kappa shape index (κ2) is 10.9. The average Bonchev–Trinajstić information content (AvgIpc) is 3.36. The number of nitrogens with zero attached hydrogens (tertiary/aromatic N) is 2. The van der Waals surface area contributed by atoms with E-state index in [1.807, 2.05) is 42.5 Å². The first kappa shape index (κ1) is 25.4. The molecule has 2 aromatic rings. The van der Waals surface area contributed by atoms with Crippen LogP contribution < -0.4 is 0 Å². The fourth-order valence-corrected chi connectivity index (χ4v) is 6.62. The van der Waals surface area contributed by atoms with Crippen molar-refractivity contribution in [3.63, 3.8) is 0 Å². The highest BCUT2D eigenvalue weighted by Crippen LogP contribution is 2.29. The third-order valence-corrected chi connectivity index (χ3v) is 9.03. The van der Waals surface area contributed by atoms with Crippen LogP contribution in [0.3, 0.4) is 0 Å². The highest BCUT2D eigenvalue weighted by Gasteiger charge is 2.35. The molecule has 8 heteroatoms. The van der Waals surface area contributed by atoms with E-state index >= 15 is 0 Å². The van der Waals surface area contributed by atoms with E-state index in [4.69, 9.17) is 4.74 Å². The molecule has 7 nitrogen and oxygen atoms in total. The Morgan fingerprint density at radius 2 is 1.74 bits per heavy atom. The number of hydrogen-bond donors (Lipinski definition) is 0. The summed E-state index contributed by atoms with van der Waals surface area (Å²) in [4.78, 5) is 27.6. The van der Waals surface area contributed by atoms with Crippen LogP contribution in [0.1, 0.15) is 42.9 Å². The summed E-state index contributed by atoms with van der Waals surface area (Å²) in [5.41, 5.74) is 3.36. The van der Waals surface area contributed by atoms with Gasteiger partial charge in [0.1, 0.15) is 0 Å². The van der Waals surface area contributed by atoms with E-state index in [-0.39, 0.29) is 24.3 Å². The van der Waals surface area contributed by atoms with Crippen LogP contribution in [0, 0.1) is 11.8 Å². The number of sulfonamides is 1. The maximum absolute atomic E-state index is 13.5. The van der Waals surface area contributed by atoms with E-state index in [2.05, 4.69) is 0 Å². The standard InChI is InChI=1S/C27H34N2O5S/c1-20(27(31)34-2)18-28(19-21-7-4-3-5-8-21)26(30)23-13-15-29(16-14-23)35(32,33)25-12-11-22-9-6-10-24(22)17-25/h3-5,7-8,11-12,17,20,23H,6,9-10,13-16,18-19H2,1-2H3. The Bertz CT molecular complexity index is 1160. The third kappa shape index (κ3) is 5.76. The lowest BCUT2D eigenvalue weighted by atomic mass is 9.95. The Labute approximate surface area is 208 Å². The van der Waals surface area contributed by atoms with Crippen LogP contribution in [-0.4, -0.2) is 56.2 Å². The highest BCUT2D eigenvalue weighted by atomic mass is 32.2. The van der Waals surface area contributed by atoms with Gasteiger partial charge in [0.25, 0.3) is 0 Å². The fourth-order valence-electron chi connectivity index (χ4n) is 5.10. The molecule has 0 N–H and O–H groups in total. The zero-order chi connectivity index (χ0) is 25.0. The summed E-state index contributed by atoms with van der Waals surface area (Å²) in [7, 11) is -2.24. The molecular formula is C27H34N2O5S. The molecule has 1 heterocycles. The minimum atomic E-state index is -3.59. The predicted octanol–water partition coefficient (Wildman–Crippen LogP) is 3.41. The van der Waals surface area contributed by atoms with Gasteiger partial charge >= 0.3 is 5.97 Å². The SMILES string of the molecule is COC(=O)C(C)CN(Cc1ccccc1)C(=O)C1CCN(S(=O)(=O)c2ccc3c(c2)CCC3)CC1. The van der Waals surface area contributed by atoms with Gasteiger partial charge in [0.15, 0.2) is 0 Å². The summed E-state index contributed by atoms with van der Waals surface area (Å²) in [6.45, 7) is 3.02. The van der Waals surface area contributed by atoms with E-state index in [1.165, 1.54) is 17.0 Å². The summed E-state index contributed by atoms with van der Waals surface area (Å²) in [6, 6.07) is 15.1. The molecule has 1 aliphatic heterocycles. The smallest absolute Gasteiger partial charge is 0.310 e. The third-order valence-electron chi connectivity index (χ3n) is 7.14. The minimum Gasteiger partial charge on any atom is -0.469 e. The number of methoxy groups -OCH3 is 1. The number of aryl methyl sites for hydroxylation is 2. The molecule has 1 fully saturated rings. The van der Waals surface area contributed by atoms with Crippen molar-refractivity contribution in [3.8, 4) is 0 Å². The molecule has 2 aliphatic rings. The van der Waals surface area contributed by atoms with Crippen LogP contribution in [0.2, 0.25) is 0 Å². The molecule has 1 aliphatic carbocycles. The summed E-state index contributed by atoms with van der Waals surface area (Å²) < 4.78 is 32.9. The molecule has 1 saturated heterocycles. The van der Waals surface area contributed by atoms with Gasteiger partial charge in [-0.3, -0.25) is 9.59 Å². The molecule has 35 heavy (non-hydrogen) atoms. The first-order valence-electron chi connectivity index (χ1n) is 12.3. The monoisotopic (exact) mass is 498 g/mol. The lowest BCUT2D eigenvalue weighted by Gasteiger charge is -2.34. The summed E-state index contributed by atoms with van der Waals surface area (Å²) >= 11 is 0. The molecule has 2 aromatic carbocycles. The Hall–Kier alpha value is -2.71. The van der Waals surface area contributed by atoms with Gasteiger partial charge < -0.3 is 9.64 Å². The predicted molar refractivity (Wildman–Crippen MR) is 133 cm³/mol. The van der Waals surface area contributed by atoms with Gasteiger partial charge in [-0.15, -0.1) is 0 Å². The van der Waals surface area contributed by atoms with Crippen LogP contribution in [-0.2, 0) is 43.7 Å². The maximum Gasteiger partial charge on any atom is 0.310 e. The lowest BCUT2D eigenvalue weighted by Crippen LogP contribution is -2.45. The number of benzene rings is 2. The van der Waals surface area contributed by atoms with E-state index in [1.54, 1.807) is 17.9 Å². The average molecular weight is 499 g/mol. The molecule has 188 valence electrons. The van der Waals surface area contributed by atoms with Gasteiger partial charge in [-0.2, -0.15) is 4.31 Å². The van der Waals surface area contributed by atoms with Crippen molar-refractivity contribution in [1.82, 2.24) is 9.21 Å². The van der Waals surface area contributed by atoms with Crippen molar-refractivity contribution in [2.45, 2.75) is 50.5 Å². The van der Waals surface area contributed by atoms with Crippen molar-refractivity contribution in [1.29, 1.82) is 0 Å². The van der Waals surface area contributed by atoms with Gasteiger partial charge in [0.2, 0.25) is 15.9 Å². The molecule has 1 unspecified atom stereocenters. The molecule has 1 atom stereocenters. The molecule has 0 spiro atoms. The van der Waals surface area contributed by atoms with E-state index in [9.17, 15) is 18.0 Å². The Kier molecular flexibility index (Phi) is 7.91. The fraction of sp³-hybridized carbons (Fsp3) is 0.481. The normalized spacial score (nSPS) is 17.5. The number of fused-ring (bicyclic) bond motifs is 1. The molecule has 0 radical (unpaired) electrons. The minimum absolute atomic E-state index is 0.0424. The number of esters is 1. The number of hydrogen-bond acceptors (Lipinski definition) is 5. The van der Waals surface area contributed by atoms with E-state index in [0.717, 1.165) is 30.4 Å². The Morgan fingerprint density at radius 3 is 2.43 bits per heavy atom. The van der Waals surface area contributed by atoms with Gasteiger partial charge in [-0.1, -0.05) is 43.3 Å². The first-order valence-corrected chi connectivity index (χ1v) is 13.8. The van der Waals surface area contributed by atoms with Crippen LogP contribution >= 0.6 is 0 Å². The summed E-state index contributed by atoms with van der Waals surface area (Å²) in [5, 5.41) is 0. The van der Waals surface area contributed by atoms with E-state index in [0.29, 0.717) is 37.4 Å². The second-order valence-electron chi connectivity index (χ2n) is 9.59. The van der Waals surface area contributed by atoms with Crippen LogP contribution in [0.5, 0.6) is 0 Å². The van der Waals surface area contributed by atoms with Gasteiger partial charge in [-0.05, 0) is 60.9 Å². The van der Waals surface area contributed by atoms with Crippen molar-refractivity contribution < 1.29 is 22.7 Å². The largest absolute Gasteiger partial charge is 0.469 e. The van der Waals surface area contributed by atoms with Gasteiger partial charge in [-0.25, -0.2) is 8.42 Å². The van der Waals surface area contributed by atoms with Crippen molar-refractivity contribution in [2.24, 2.45) is 11.8 Å². The Morgan fingerprint density at radius 1 is 1.06 bits per heavy atom. The molecule has 0 saturated carbocycles. The molecule has 4 rings (SSSR count). The molecule has 0 aromatic heterocycles. The van der Waals surface area contributed by atoms with Gasteiger partial charge in [0.05, 0.1) is 17.9 Å². The van der Waals surface area contributed by atoms with Crippen molar-refractivity contribution in [2.75, 3.05) is 26.7 Å². The highest BCUT2D eigenvalue weighted by molar-refractivity contribution is 7.89. The van der Waals surface area contributed by atoms with Crippen molar-refractivity contribution >= 4 is 21.9 Å². The summed E-state index contributed by atoms with van der Waals surface area (Å²) in [5.74, 6) is -1.13. The topological polar surface area (TPSA) is 84.0 Å². The Balaban J connectivity index is 1.43. The van der Waals surface area contributed by atoms with Gasteiger partial charge in [0, 0.05) is 32.1 Å². The summed E-state index contributed by atoms with van der Waals surface area (Å²) in [6.07, 6.45) is 3.93. The first-order chi connectivity index (χ1) is 16.8. The zero-order valence-electron chi connectivity index (χ0n) is 20.5. The van der Waals surface area contributed by atoms with E-state index < -0.39 is 15.9 Å². The van der Waals surface area contributed by atoms with Crippen LogP contribution in [0.4, 0.5) is 0 Å². The second-order valence-corrected chi connectivity index (χ2v) is 11.5. The number of rotatable bonds is 8.